The van der Waals surface area contributed by atoms with E-state index in [0.717, 1.165) is 32.7 Å². The van der Waals surface area contributed by atoms with Gasteiger partial charge in [0, 0.05) is 12.6 Å². The molecule has 0 aliphatic carbocycles. The van der Waals surface area contributed by atoms with E-state index in [0.29, 0.717) is 18.2 Å². The summed E-state index contributed by atoms with van der Waals surface area (Å²) >= 11 is 0. The molecule has 2 saturated heterocycles. The Labute approximate surface area is 73.4 Å². The van der Waals surface area contributed by atoms with Crippen molar-refractivity contribution in [3.8, 4) is 0 Å². The van der Waals surface area contributed by atoms with E-state index < -0.39 is 0 Å². The Morgan fingerprint density at radius 2 is 2.08 bits per heavy atom. The van der Waals surface area contributed by atoms with E-state index in [4.69, 9.17) is 9.47 Å². The second-order valence-electron chi connectivity index (χ2n) is 3.80. The predicted octanol–water partition coefficient (Wildman–Crippen LogP) is 0.542. The first-order valence-corrected chi connectivity index (χ1v) is 4.80. The molecule has 2 aliphatic heterocycles. The lowest BCUT2D eigenvalue weighted by Crippen LogP contribution is -2.52. The fraction of sp³-hybridized carbons (Fsp3) is 1.00. The van der Waals surface area contributed by atoms with Crippen LogP contribution >= 0.6 is 0 Å². The minimum Gasteiger partial charge on any atom is -0.378 e. The van der Waals surface area contributed by atoms with Crippen LogP contribution in [0.3, 0.4) is 0 Å². The molecular formula is C9H17NO2. The number of hydrogen-bond acceptors (Lipinski definition) is 3. The maximum Gasteiger partial charge on any atom is 0.0643 e. The summed E-state index contributed by atoms with van der Waals surface area (Å²) < 4.78 is 10.6. The molecule has 0 aromatic carbocycles. The molecule has 3 nitrogen and oxygen atoms in total. The highest BCUT2D eigenvalue weighted by Gasteiger charge is 2.25. The minimum absolute atomic E-state index is 0.428. The zero-order valence-electron chi connectivity index (χ0n) is 7.58. The second kappa shape index (κ2) is 3.73. The van der Waals surface area contributed by atoms with E-state index in [9.17, 15) is 0 Å². The smallest absolute Gasteiger partial charge is 0.0643 e. The fourth-order valence-electron chi connectivity index (χ4n) is 1.81. The van der Waals surface area contributed by atoms with Gasteiger partial charge in [0.25, 0.3) is 0 Å². The molecule has 1 N–H and O–H groups in total. The van der Waals surface area contributed by atoms with Gasteiger partial charge in [-0.15, -0.1) is 0 Å². The average Bonchev–Trinajstić information content (AvgIpc) is 1.97. The maximum absolute atomic E-state index is 5.47. The number of rotatable bonds is 2. The molecule has 2 unspecified atom stereocenters. The summed E-state index contributed by atoms with van der Waals surface area (Å²) in [6.07, 6.45) is 2.73. The first kappa shape index (κ1) is 8.48. The quantitative estimate of drug-likeness (QED) is 0.658. The zero-order valence-corrected chi connectivity index (χ0v) is 7.58. The molecule has 12 heavy (non-hydrogen) atoms. The Bertz CT molecular complexity index is 147. The summed E-state index contributed by atoms with van der Waals surface area (Å²) in [4.78, 5) is 0. The highest BCUT2D eigenvalue weighted by atomic mass is 16.5. The van der Waals surface area contributed by atoms with Gasteiger partial charge >= 0.3 is 0 Å². The van der Waals surface area contributed by atoms with Gasteiger partial charge in [0.1, 0.15) is 0 Å². The van der Waals surface area contributed by atoms with Crippen LogP contribution in [0.2, 0.25) is 0 Å². The van der Waals surface area contributed by atoms with Crippen molar-refractivity contribution < 1.29 is 9.47 Å². The molecule has 3 heteroatoms. The van der Waals surface area contributed by atoms with Gasteiger partial charge in [-0.2, -0.15) is 0 Å². The molecule has 0 amide bonds. The average molecular weight is 171 g/mol. The lowest BCUT2D eigenvalue weighted by molar-refractivity contribution is -0.0312. The molecule has 2 aliphatic rings. The lowest BCUT2D eigenvalue weighted by atomic mass is 10.0. The molecule has 0 bridgehead atoms. The highest BCUT2D eigenvalue weighted by Crippen LogP contribution is 2.15. The third-order valence-corrected chi connectivity index (χ3v) is 2.59. The molecule has 0 aromatic heterocycles. The Morgan fingerprint density at radius 1 is 1.25 bits per heavy atom. The van der Waals surface area contributed by atoms with E-state index in [1.807, 2.05) is 0 Å². The minimum atomic E-state index is 0.428. The van der Waals surface area contributed by atoms with Crippen molar-refractivity contribution in [1.82, 2.24) is 5.32 Å². The van der Waals surface area contributed by atoms with Crippen LogP contribution in [0.15, 0.2) is 0 Å². The van der Waals surface area contributed by atoms with Crippen molar-refractivity contribution in [3.05, 3.63) is 0 Å². The normalized spacial score (nSPS) is 37.8. The molecule has 0 spiro atoms. The van der Waals surface area contributed by atoms with E-state index in [1.54, 1.807) is 0 Å². The number of ether oxygens (including phenoxy) is 2. The van der Waals surface area contributed by atoms with Gasteiger partial charge in [0.05, 0.1) is 25.4 Å². The van der Waals surface area contributed by atoms with Crippen LogP contribution < -0.4 is 5.32 Å². The number of nitrogens with one attached hydrogen (secondary N) is 1. The van der Waals surface area contributed by atoms with Gasteiger partial charge in [0.15, 0.2) is 0 Å². The molecular weight excluding hydrogens is 154 g/mol. The van der Waals surface area contributed by atoms with Crippen LogP contribution in [-0.4, -0.2) is 38.0 Å². The Hall–Kier alpha value is -0.120. The highest BCUT2D eigenvalue weighted by molar-refractivity contribution is 4.81. The van der Waals surface area contributed by atoms with Crippen LogP contribution in [0.1, 0.15) is 19.8 Å². The SMILES string of the molecule is CC1CC(NC2COC2)CCO1. The number of hydrogen-bond donors (Lipinski definition) is 1. The summed E-state index contributed by atoms with van der Waals surface area (Å²) in [6, 6.07) is 1.27. The van der Waals surface area contributed by atoms with Crippen LogP contribution in [0.4, 0.5) is 0 Å². The van der Waals surface area contributed by atoms with E-state index >= 15 is 0 Å². The maximum atomic E-state index is 5.47. The van der Waals surface area contributed by atoms with Gasteiger partial charge in [0.2, 0.25) is 0 Å². The monoisotopic (exact) mass is 171 g/mol. The van der Waals surface area contributed by atoms with E-state index in [1.165, 1.54) is 0 Å². The van der Waals surface area contributed by atoms with Crippen molar-refractivity contribution >= 4 is 0 Å². The van der Waals surface area contributed by atoms with Crippen molar-refractivity contribution in [2.45, 2.75) is 38.0 Å². The van der Waals surface area contributed by atoms with Gasteiger partial charge < -0.3 is 14.8 Å². The topological polar surface area (TPSA) is 30.5 Å². The van der Waals surface area contributed by atoms with Gasteiger partial charge in [-0.1, -0.05) is 0 Å². The molecule has 2 rings (SSSR count). The lowest BCUT2D eigenvalue weighted by Gasteiger charge is -2.35. The van der Waals surface area contributed by atoms with Gasteiger partial charge in [-0.3, -0.25) is 0 Å². The molecule has 0 aromatic rings. The third kappa shape index (κ3) is 1.97. The largest absolute Gasteiger partial charge is 0.378 e. The van der Waals surface area contributed by atoms with Crippen LogP contribution in [0.25, 0.3) is 0 Å². The van der Waals surface area contributed by atoms with Crippen LogP contribution in [0.5, 0.6) is 0 Å². The summed E-state index contributed by atoms with van der Waals surface area (Å²) in [5.41, 5.74) is 0. The van der Waals surface area contributed by atoms with Crippen molar-refractivity contribution in [1.29, 1.82) is 0 Å². The Balaban J connectivity index is 1.71. The first-order valence-electron chi connectivity index (χ1n) is 4.80. The van der Waals surface area contributed by atoms with Crippen molar-refractivity contribution in [2.75, 3.05) is 19.8 Å². The predicted molar refractivity (Wildman–Crippen MR) is 46.2 cm³/mol. The Kier molecular flexibility index (Phi) is 2.63. The van der Waals surface area contributed by atoms with Crippen molar-refractivity contribution in [3.63, 3.8) is 0 Å². The van der Waals surface area contributed by atoms with Crippen LogP contribution in [0, 0.1) is 0 Å². The van der Waals surface area contributed by atoms with E-state index in [2.05, 4.69) is 12.2 Å². The molecule has 2 atom stereocenters. The van der Waals surface area contributed by atoms with E-state index in [-0.39, 0.29) is 0 Å². The molecule has 2 fully saturated rings. The third-order valence-electron chi connectivity index (χ3n) is 2.59. The summed E-state index contributed by atoms with van der Waals surface area (Å²) in [5.74, 6) is 0. The van der Waals surface area contributed by atoms with Gasteiger partial charge in [-0.05, 0) is 19.8 Å². The van der Waals surface area contributed by atoms with Crippen LogP contribution in [-0.2, 0) is 9.47 Å². The fourth-order valence-corrected chi connectivity index (χ4v) is 1.81. The molecule has 0 saturated carbocycles. The molecule has 0 radical (unpaired) electrons. The Morgan fingerprint density at radius 3 is 2.67 bits per heavy atom. The molecule has 2 heterocycles. The summed E-state index contributed by atoms with van der Waals surface area (Å²) in [5, 5.41) is 3.58. The summed E-state index contributed by atoms with van der Waals surface area (Å²) in [6.45, 7) is 4.84. The van der Waals surface area contributed by atoms with Gasteiger partial charge in [-0.25, -0.2) is 0 Å². The summed E-state index contributed by atoms with van der Waals surface area (Å²) in [7, 11) is 0. The zero-order chi connectivity index (χ0) is 8.39. The molecule has 70 valence electrons. The first-order chi connectivity index (χ1) is 5.84. The van der Waals surface area contributed by atoms with Crippen molar-refractivity contribution in [2.24, 2.45) is 0 Å². The second-order valence-corrected chi connectivity index (χ2v) is 3.80. The standard InChI is InChI=1S/C9H17NO2/c1-7-4-8(2-3-12-7)10-9-5-11-6-9/h7-10H,2-6H2,1H3.